The first kappa shape index (κ1) is 18.2. The summed E-state index contributed by atoms with van der Waals surface area (Å²) in [5.41, 5.74) is 2.62. The number of rotatable bonds is 7. The van der Waals surface area contributed by atoms with Crippen LogP contribution >= 0.6 is 11.3 Å². The van der Waals surface area contributed by atoms with Crippen LogP contribution in [0.1, 0.15) is 21.8 Å². The van der Waals surface area contributed by atoms with Gasteiger partial charge in [-0.25, -0.2) is 0 Å². The Morgan fingerprint density at radius 2 is 1.93 bits per heavy atom. The maximum absolute atomic E-state index is 12.8. The van der Waals surface area contributed by atoms with Gasteiger partial charge in [0.15, 0.2) is 0 Å². The lowest BCUT2D eigenvalue weighted by Crippen LogP contribution is -2.25. The zero-order chi connectivity index (χ0) is 19.5. The molecule has 0 saturated carbocycles. The molecular weight excluding hydrogens is 376 g/mol. The number of ether oxygens (including phenoxy) is 2. The third kappa shape index (κ3) is 3.61. The summed E-state index contributed by atoms with van der Waals surface area (Å²) >= 11 is 1.61. The molecule has 0 radical (unpaired) electrons. The summed E-state index contributed by atoms with van der Waals surface area (Å²) in [6.07, 6.45) is 1.59. The number of benzene rings is 1. The van der Waals surface area contributed by atoms with Crippen molar-refractivity contribution in [1.82, 2.24) is 9.88 Å². The lowest BCUT2D eigenvalue weighted by atomic mass is 10.2. The lowest BCUT2D eigenvalue weighted by molar-refractivity contribution is 0.0939. The Balaban J connectivity index is 1.65. The fraction of sp³-hybridized carbons (Fsp3) is 0.190. The van der Waals surface area contributed by atoms with E-state index in [-0.39, 0.29) is 5.91 Å². The van der Waals surface area contributed by atoms with Crippen LogP contribution in [0.15, 0.2) is 58.5 Å². The number of nitrogens with zero attached hydrogens (tertiary/aromatic N) is 1. The minimum atomic E-state index is -0.144. The number of amides is 1. The maximum atomic E-state index is 12.8. The number of furan rings is 1. The van der Waals surface area contributed by atoms with Crippen LogP contribution in [0.4, 0.5) is 0 Å². The van der Waals surface area contributed by atoms with E-state index in [0.29, 0.717) is 36.0 Å². The number of hydrogen-bond donors (Lipinski definition) is 1. The molecule has 1 aromatic carbocycles. The Hall–Kier alpha value is -3.19. The molecule has 0 unspecified atom stereocenters. The molecule has 4 rings (SSSR count). The molecule has 144 valence electrons. The van der Waals surface area contributed by atoms with E-state index in [2.05, 4.69) is 5.32 Å². The summed E-state index contributed by atoms with van der Waals surface area (Å²) in [6, 6.07) is 13.3. The lowest BCUT2D eigenvalue weighted by Gasteiger charge is -2.13. The SMILES string of the molecule is COc1cc(Cn2c(C(=O)NCc3ccco3)cc3sccc32)cc(OC)c1. The highest BCUT2D eigenvalue weighted by atomic mass is 32.1. The number of aromatic nitrogens is 1. The molecule has 7 heteroatoms. The Bertz CT molecular complexity index is 1070. The van der Waals surface area contributed by atoms with Crippen LogP contribution < -0.4 is 14.8 Å². The molecule has 1 N–H and O–H groups in total. The van der Waals surface area contributed by atoms with Crippen molar-refractivity contribution in [2.75, 3.05) is 14.2 Å². The van der Waals surface area contributed by atoms with Gasteiger partial charge in [-0.15, -0.1) is 11.3 Å². The molecule has 0 aliphatic rings. The van der Waals surface area contributed by atoms with Gasteiger partial charge in [-0.2, -0.15) is 0 Å². The summed E-state index contributed by atoms with van der Waals surface area (Å²) in [4.78, 5) is 12.8. The molecule has 0 aliphatic heterocycles. The first-order valence-electron chi connectivity index (χ1n) is 8.77. The van der Waals surface area contributed by atoms with Gasteiger partial charge in [0.05, 0.1) is 37.2 Å². The van der Waals surface area contributed by atoms with E-state index < -0.39 is 0 Å². The van der Waals surface area contributed by atoms with E-state index in [1.807, 2.05) is 46.3 Å². The first-order chi connectivity index (χ1) is 13.7. The molecule has 0 saturated heterocycles. The third-order valence-corrected chi connectivity index (χ3v) is 5.36. The number of nitrogens with one attached hydrogen (secondary N) is 1. The zero-order valence-corrected chi connectivity index (χ0v) is 16.4. The average molecular weight is 396 g/mol. The van der Waals surface area contributed by atoms with Gasteiger partial charge in [-0.1, -0.05) is 0 Å². The number of fused-ring (bicyclic) bond motifs is 1. The van der Waals surface area contributed by atoms with Crippen LogP contribution in [0.5, 0.6) is 11.5 Å². The second-order valence-corrected chi connectivity index (χ2v) is 7.22. The number of methoxy groups -OCH3 is 2. The van der Waals surface area contributed by atoms with Crippen molar-refractivity contribution < 1.29 is 18.7 Å². The van der Waals surface area contributed by atoms with E-state index in [9.17, 15) is 4.79 Å². The van der Waals surface area contributed by atoms with E-state index in [4.69, 9.17) is 13.9 Å². The van der Waals surface area contributed by atoms with Crippen LogP contribution in [-0.2, 0) is 13.1 Å². The molecule has 4 aromatic rings. The van der Waals surface area contributed by atoms with Gasteiger partial charge in [-0.05, 0) is 47.3 Å². The van der Waals surface area contributed by atoms with E-state index in [1.54, 1.807) is 37.9 Å². The van der Waals surface area contributed by atoms with E-state index in [1.165, 1.54) is 0 Å². The van der Waals surface area contributed by atoms with Crippen molar-refractivity contribution >= 4 is 27.5 Å². The minimum absolute atomic E-state index is 0.144. The molecule has 3 heterocycles. The van der Waals surface area contributed by atoms with Gasteiger partial charge in [0.1, 0.15) is 23.0 Å². The predicted molar refractivity (Wildman–Crippen MR) is 108 cm³/mol. The first-order valence-corrected chi connectivity index (χ1v) is 9.65. The van der Waals surface area contributed by atoms with Gasteiger partial charge in [0, 0.05) is 12.6 Å². The smallest absolute Gasteiger partial charge is 0.268 e. The number of carbonyl (C=O) groups is 1. The monoisotopic (exact) mass is 396 g/mol. The standard InChI is InChI=1S/C21H20N2O4S/c1-25-16-8-14(9-17(10-16)26-2)13-23-18-5-7-28-20(18)11-19(23)21(24)22-12-15-4-3-6-27-15/h3-11H,12-13H2,1-2H3,(H,22,24). The highest BCUT2D eigenvalue weighted by Gasteiger charge is 2.17. The molecule has 6 nitrogen and oxygen atoms in total. The fourth-order valence-electron chi connectivity index (χ4n) is 3.15. The normalized spacial score (nSPS) is 10.9. The molecule has 0 bridgehead atoms. The molecule has 28 heavy (non-hydrogen) atoms. The van der Waals surface area contributed by atoms with Gasteiger partial charge in [-0.3, -0.25) is 4.79 Å². The molecule has 1 amide bonds. The maximum Gasteiger partial charge on any atom is 0.268 e. The second kappa shape index (κ2) is 7.82. The molecule has 0 aliphatic carbocycles. The number of thiophene rings is 1. The molecule has 3 aromatic heterocycles. The van der Waals surface area contributed by atoms with Crippen LogP contribution in [0.3, 0.4) is 0 Å². The minimum Gasteiger partial charge on any atom is -0.497 e. The Morgan fingerprint density at radius 3 is 2.61 bits per heavy atom. The molecular formula is C21H20N2O4S. The number of hydrogen-bond acceptors (Lipinski definition) is 5. The van der Waals surface area contributed by atoms with Crippen molar-refractivity contribution in [3.63, 3.8) is 0 Å². The summed E-state index contributed by atoms with van der Waals surface area (Å²) in [7, 11) is 3.25. The summed E-state index contributed by atoms with van der Waals surface area (Å²) in [5, 5.41) is 4.95. The molecule has 0 fully saturated rings. The Labute approximate surface area is 166 Å². The van der Waals surface area contributed by atoms with E-state index >= 15 is 0 Å². The Kier molecular flexibility index (Phi) is 5.08. The van der Waals surface area contributed by atoms with Crippen LogP contribution in [-0.4, -0.2) is 24.7 Å². The topological polar surface area (TPSA) is 65.6 Å². The zero-order valence-electron chi connectivity index (χ0n) is 15.6. The second-order valence-electron chi connectivity index (χ2n) is 6.27. The largest absolute Gasteiger partial charge is 0.497 e. The quantitative estimate of drug-likeness (QED) is 0.506. The van der Waals surface area contributed by atoms with Gasteiger partial charge >= 0.3 is 0 Å². The highest BCUT2D eigenvalue weighted by molar-refractivity contribution is 7.17. The van der Waals surface area contributed by atoms with Crippen molar-refractivity contribution in [2.24, 2.45) is 0 Å². The van der Waals surface area contributed by atoms with E-state index in [0.717, 1.165) is 15.8 Å². The predicted octanol–water partition coefficient (Wildman–Crippen LogP) is 4.29. The van der Waals surface area contributed by atoms with Gasteiger partial charge in [0.25, 0.3) is 5.91 Å². The van der Waals surface area contributed by atoms with Crippen molar-refractivity contribution in [3.05, 3.63) is 71.1 Å². The van der Waals surface area contributed by atoms with Gasteiger partial charge < -0.3 is 23.8 Å². The average Bonchev–Trinajstić information content (AvgIpc) is 3.45. The summed E-state index contributed by atoms with van der Waals surface area (Å²) in [5.74, 6) is 2.00. The molecule has 0 spiro atoms. The van der Waals surface area contributed by atoms with Gasteiger partial charge in [0.2, 0.25) is 0 Å². The van der Waals surface area contributed by atoms with Crippen molar-refractivity contribution in [1.29, 1.82) is 0 Å². The highest BCUT2D eigenvalue weighted by Crippen LogP contribution is 2.28. The third-order valence-electron chi connectivity index (χ3n) is 4.51. The summed E-state index contributed by atoms with van der Waals surface area (Å²) in [6.45, 7) is 0.870. The van der Waals surface area contributed by atoms with Crippen LogP contribution in [0.25, 0.3) is 10.2 Å². The van der Waals surface area contributed by atoms with Crippen molar-refractivity contribution in [2.45, 2.75) is 13.1 Å². The molecule has 0 atom stereocenters. The van der Waals surface area contributed by atoms with Crippen LogP contribution in [0, 0.1) is 0 Å². The van der Waals surface area contributed by atoms with Crippen LogP contribution in [0.2, 0.25) is 0 Å². The number of carbonyl (C=O) groups excluding carboxylic acids is 1. The fourth-order valence-corrected chi connectivity index (χ4v) is 3.97. The summed E-state index contributed by atoms with van der Waals surface area (Å²) < 4.78 is 19.1. The van der Waals surface area contributed by atoms with Crippen molar-refractivity contribution in [3.8, 4) is 11.5 Å². The Morgan fingerprint density at radius 1 is 1.14 bits per heavy atom.